The smallest absolute Gasteiger partial charge is 0.238 e. The molecule has 0 bridgehead atoms. The number of carbonyl (C=O) groups excluding carboxylic acids is 2. The fraction of sp³-hybridized carbons (Fsp3) is 0.481. The molecule has 8 nitrogen and oxygen atoms in total. The van der Waals surface area contributed by atoms with Crippen molar-refractivity contribution in [1.82, 2.24) is 14.9 Å². The molecule has 8 heteroatoms. The second kappa shape index (κ2) is 10.6. The number of aromatic nitrogens is 2. The Balaban J connectivity index is 1.63. The van der Waals surface area contributed by atoms with Gasteiger partial charge in [0.05, 0.1) is 30.3 Å². The number of nitrogens with two attached hydrogens (primary N) is 1. The highest BCUT2D eigenvalue weighted by Crippen LogP contribution is 2.45. The molecule has 3 heterocycles. The first-order valence-electron chi connectivity index (χ1n) is 12.3. The van der Waals surface area contributed by atoms with E-state index in [1.165, 1.54) is 0 Å². The summed E-state index contributed by atoms with van der Waals surface area (Å²) in [7, 11) is 3.50. The summed E-state index contributed by atoms with van der Waals surface area (Å²) in [6.45, 7) is 2.68. The number of methoxy groups -OCH3 is 1. The van der Waals surface area contributed by atoms with Gasteiger partial charge in [-0.3, -0.25) is 14.5 Å². The molecule has 1 unspecified atom stereocenters. The van der Waals surface area contributed by atoms with E-state index in [0.29, 0.717) is 48.8 Å². The Bertz CT molecular complexity index is 1210. The number of oxazole rings is 1. The van der Waals surface area contributed by atoms with E-state index in [-0.39, 0.29) is 17.6 Å². The van der Waals surface area contributed by atoms with Gasteiger partial charge in [-0.2, -0.15) is 0 Å². The zero-order chi connectivity index (χ0) is 25.0. The number of para-hydroxylation sites is 1. The molecule has 3 aromatic rings. The topological polar surface area (TPSA) is 112 Å². The summed E-state index contributed by atoms with van der Waals surface area (Å²) in [5, 5.41) is 0.965. The third kappa shape index (κ3) is 4.80. The number of carbonyl (C=O) groups is 2. The van der Waals surface area contributed by atoms with Crippen molar-refractivity contribution in [3.63, 3.8) is 0 Å². The molecule has 2 atom stereocenters. The van der Waals surface area contributed by atoms with Gasteiger partial charge >= 0.3 is 0 Å². The molecule has 0 saturated carbocycles. The predicted octanol–water partition coefficient (Wildman–Crippen LogP) is 4.47. The molecule has 0 spiro atoms. The fourth-order valence-electron chi connectivity index (χ4n) is 5.09. The maximum absolute atomic E-state index is 12.7. The van der Waals surface area contributed by atoms with Crippen molar-refractivity contribution >= 4 is 22.6 Å². The zero-order valence-electron chi connectivity index (χ0n) is 20.8. The lowest BCUT2D eigenvalue weighted by molar-refractivity contribution is -0.141. The van der Waals surface area contributed by atoms with Gasteiger partial charge in [-0.25, -0.2) is 9.97 Å². The van der Waals surface area contributed by atoms with Gasteiger partial charge in [-0.1, -0.05) is 38.0 Å². The van der Waals surface area contributed by atoms with Crippen LogP contribution in [0.15, 0.2) is 40.9 Å². The van der Waals surface area contributed by atoms with Crippen molar-refractivity contribution in [2.45, 2.75) is 63.3 Å². The number of likely N-dealkylation sites (tertiary alicyclic amines) is 1. The first kappa shape index (κ1) is 24.9. The Morgan fingerprint density at radius 1 is 1.26 bits per heavy atom. The lowest BCUT2D eigenvalue weighted by Gasteiger charge is -2.52. The summed E-state index contributed by atoms with van der Waals surface area (Å²) in [6, 6.07) is 9.78. The Morgan fingerprint density at radius 2 is 2.06 bits per heavy atom. The maximum Gasteiger partial charge on any atom is 0.238 e. The van der Waals surface area contributed by atoms with Gasteiger partial charge in [0.25, 0.3) is 0 Å². The standard InChI is InChI=1S/C27H34N4O4/c1-4-19(32)11-6-5-7-12-21(27(26(28)33)14-15-31(27)2)25-29-17-23(35-25)20-16-18-10-8-9-13-22(18)30-24(20)34-3/h8-10,13,16-17,21H,4-7,11-12,14-15H2,1-3H3,(H2,28,33)/t21-,27?/m1/s1. The number of ether oxygens (including phenoxy) is 1. The Hall–Kier alpha value is -3.26. The quantitative estimate of drug-likeness (QED) is 0.382. The minimum atomic E-state index is -0.826. The monoisotopic (exact) mass is 478 g/mol. The van der Waals surface area contributed by atoms with Gasteiger partial charge in [-0.15, -0.1) is 0 Å². The van der Waals surface area contributed by atoms with Crippen LogP contribution in [0.2, 0.25) is 0 Å². The molecule has 1 amide bonds. The molecular weight excluding hydrogens is 444 g/mol. The number of primary amides is 1. The molecule has 2 N–H and O–H groups in total. The first-order chi connectivity index (χ1) is 16.9. The summed E-state index contributed by atoms with van der Waals surface area (Å²) in [5.41, 5.74) is 6.66. The summed E-state index contributed by atoms with van der Waals surface area (Å²) < 4.78 is 11.8. The number of pyridine rings is 1. The van der Waals surface area contributed by atoms with Gasteiger partial charge in [-0.05, 0) is 38.4 Å². The number of nitrogens with zero attached hydrogens (tertiary/aromatic N) is 3. The Kier molecular flexibility index (Phi) is 7.50. The molecule has 186 valence electrons. The molecule has 1 aliphatic heterocycles. The average Bonchev–Trinajstić information content (AvgIpc) is 3.35. The second-order valence-corrected chi connectivity index (χ2v) is 9.30. The van der Waals surface area contributed by atoms with Crippen LogP contribution in [-0.2, 0) is 9.59 Å². The van der Waals surface area contributed by atoms with E-state index in [2.05, 4.69) is 9.97 Å². The van der Waals surface area contributed by atoms with E-state index in [4.69, 9.17) is 14.9 Å². The predicted molar refractivity (Wildman–Crippen MR) is 134 cm³/mol. The number of rotatable bonds is 12. The van der Waals surface area contributed by atoms with Crippen molar-refractivity contribution in [2.75, 3.05) is 20.7 Å². The van der Waals surface area contributed by atoms with Crippen LogP contribution in [0.5, 0.6) is 5.88 Å². The number of unbranched alkanes of at least 4 members (excludes halogenated alkanes) is 2. The second-order valence-electron chi connectivity index (χ2n) is 9.30. The maximum atomic E-state index is 12.7. The van der Waals surface area contributed by atoms with E-state index in [9.17, 15) is 9.59 Å². The van der Waals surface area contributed by atoms with Crippen LogP contribution >= 0.6 is 0 Å². The molecule has 2 aromatic heterocycles. The van der Waals surface area contributed by atoms with Crippen LogP contribution in [0.3, 0.4) is 0 Å². The number of hydrogen-bond donors (Lipinski definition) is 1. The third-order valence-corrected chi connectivity index (χ3v) is 7.32. The number of ketones is 1. The summed E-state index contributed by atoms with van der Waals surface area (Å²) in [6.07, 6.45) is 6.79. The number of Topliss-reactive ketones (excluding diaryl/α,β-unsaturated/α-hetero) is 1. The van der Waals surface area contributed by atoms with Crippen molar-refractivity contribution in [2.24, 2.45) is 5.73 Å². The molecule has 35 heavy (non-hydrogen) atoms. The molecule has 1 aliphatic rings. The van der Waals surface area contributed by atoms with Crippen molar-refractivity contribution in [3.05, 3.63) is 42.4 Å². The van der Waals surface area contributed by atoms with Crippen molar-refractivity contribution in [1.29, 1.82) is 0 Å². The van der Waals surface area contributed by atoms with Gasteiger partial charge < -0.3 is 14.9 Å². The van der Waals surface area contributed by atoms with Crippen LogP contribution in [0, 0.1) is 0 Å². The minimum absolute atomic E-state index is 0.282. The molecule has 1 aromatic carbocycles. The van der Waals surface area contributed by atoms with Crippen LogP contribution in [0.4, 0.5) is 0 Å². The van der Waals surface area contributed by atoms with Crippen LogP contribution in [0.1, 0.15) is 63.7 Å². The van der Waals surface area contributed by atoms with Gasteiger partial charge in [0.1, 0.15) is 11.3 Å². The minimum Gasteiger partial charge on any atom is -0.480 e. The highest BCUT2D eigenvalue weighted by Gasteiger charge is 2.55. The zero-order valence-corrected chi connectivity index (χ0v) is 20.8. The number of benzene rings is 1. The van der Waals surface area contributed by atoms with Gasteiger partial charge in [0, 0.05) is 24.8 Å². The number of amides is 1. The van der Waals surface area contributed by atoms with Crippen molar-refractivity contribution < 1.29 is 18.7 Å². The van der Waals surface area contributed by atoms with E-state index in [1.807, 2.05) is 49.2 Å². The highest BCUT2D eigenvalue weighted by molar-refractivity contribution is 5.87. The number of hydrogen-bond acceptors (Lipinski definition) is 7. The molecule has 0 aliphatic carbocycles. The molecular formula is C27H34N4O4. The van der Waals surface area contributed by atoms with E-state index >= 15 is 0 Å². The lowest BCUT2D eigenvalue weighted by Crippen LogP contribution is -2.68. The third-order valence-electron chi connectivity index (χ3n) is 7.32. The normalized spacial score (nSPS) is 18.8. The van der Waals surface area contributed by atoms with Crippen molar-refractivity contribution in [3.8, 4) is 17.2 Å². The number of fused-ring (bicyclic) bond motifs is 1. The lowest BCUT2D eigenvalue weighted by atomic mass is 9.71. The molecule has 1 fully saturated rings. The SMILES string of the molecule is CCC(=O)CCCCC[C@H](c1ncc(-c2cc3ccccc3nc2OC)o1)C1(C(N)=O)CCN1C. The van der Waals surface area contributed by atoms with E-state index in [1.54, 1.807) is 13.3 Å². The Labute approximate surface area is 205 Å². The molecule has 4 rings (SSSR count). The van der Waals surface area contributed by atoms with Crippen LogP contribution in [0.25, 0.3) is 22.2 Å². The van der Waals surface area contributed by atoms with E-state index in [0.717, 1.165) is 36.7 Å². The largest absolute Gasteiger partial charge is 0.480 e. The Morgan fingerprint density at radius 3 is 2.71 bits per heavy atom. The fourth-order valence-corrected chi connectivity index (χ4v) is 5.09. The summed E-state index contributed by atoms with van der Waals surface area (Å²) in [4.78, 5) is 35.6. The summed E-state index contributed by atoms with van der Waals surface area (Å²) >= 11 is 0. The van der Waals surface area contributed by atoms with Crippen LogP contribution in [-0.4, -0.2) is 52.8 Å². The summed E-state index contributed by atoms with van der Waals surface area (Å²) in [5.74, 6) is 1.12. The number of likely N-dealkylation sites (N-methyl/N-ethyl adjacent to an activating group) is 1. The van der Waals surface area contributed by atoms with Gasteiger partial charge in [0.2, 0.25) is 11.8 Å². The molecule has 0 radical (unpaired) electrons. The van der Waals surface area contributed by atoms with Gasteiger partial charge in [0.15, 0.2) is 11.7 Å². The first-order valence-corrected chi connectivity index (χ1v) is 12.3. The average molecular weight is 479 g/mol. The van der Waals surface area contributed by atoms with E-state index < -0.39 is 5.54 Å². The molecule has 1 saturated heterocycles. The van der Waals surface area contributed by atoms with Crippen LogP contribution < -0.4 is 10.5 Å². The highest BCUT2D eigenvalue weighted by atomic mass is 16.5.